The summed E-state index contributed by atoms with van der Waals surface area (Å²) < 4.78 is 0. The molecular formula is C14H21ClN2OS. The third-order valence-electron chi connectivity index (χ3n) is 3.22. The molecule has 1 fully saturated rings. The van der Waals surface area contributed by atoms with Gasteiger partial charge in [-0.25, -0.2) is 0 Å². The summed E-state index contributed by atoms with van der Waals surface area (Å²) in [5.41, 5.74) is 1.22. The van der Waals surface area contributed by atoms with Gasteiger partial charge in [0.2, 0.25) is 5.91 Å². The van der Waals surface area contributed by atoms with Crippen LogP contribution in [0.3, 0.4) is 0 Å². The second-order valence-electron chi connectivity index (χ2n) is 4.51. The first kappa shape index (κ1) is 16.3. The lowest BCUT2D eigenvalue weighted by molar-refractivity contribution is -0.130. The molecule has 106 valence electrons. The van der Waals surface area contributed by atoms with Gasteiger partial charge in [0.15, 0.2) is 0 Å². The predicted molar refractivity (Wildman–Crippen MR) is 84.0 cm³/mol. The zero-order chi connectivity index (χ0) is 12.8. The van der Waals surface area contributed by atoms with Gasteiger partial charge in [0, 0.05) is 30.6 Å². The second kappa shape index (κ2) is 8.46. The van der Waals surface area contributed by atoms with E-state index in [-0.39, 0.29) is 24.4 Å². The van der Waals surface area contributed by atoms with Gasteiger partial charge in [0.25, 0.3) is 0 Å². The molecule has 0 spiro atoms. The maximum Gasteiger partial charge on any atom is 0.236 e. The maximum atomic E-state index is 12.0. The molecular weight excluding hydrogens is 280 g/mol. The summed E-state index contributed by atoms with van der Waals surface area (Å²) in [6.07, 6.45) is 0. The van der Waals surface area contributed by atoms with Gasteiger partial charge in [-0.3, -0.25) is 4.79 Å². The molecule has 1 amide bonds. The molecule has 0 unspecified atom stereocenters. The molecule has 1 aromatic carbocycles. The number of halogens is 1. The van der Waals surface area contributed by atoms with E-state index in [1.165, 1.54) is 5.56 Å². The van der Waals surface area contributed by atoms with Gasteiger partial charge in [0.05, 0.1) is 6.54 Å². The van der Waals surface area contributed by atoms with Crippen LogP contribution < -0.4 is 5.32 Å². The fourth-order valence-electron chi connectivity index (χ4n) is 2.02. The van der Waals surface area contributed by atoms with Crippen molar-refractivity contribution in [2.24, 2.45) is 0 Å². The lowest BCUT2D eigenvalue weighted by Gasteiger charge is -2.27. The van der Waals surface area contributed by atoms with Crippen molar-refractivity contribution in [2.75, 3.05) is 31.1 Å². The molecule has 1 aliphatic rings. The molecule has 1 saturated heterocycles. The van der Waals surface area contributed by atoms with Crippen molar-refractivity contribution in [1.82, 2.24) is 10.2 Å². The van der Waals surface area contributed by atoms with Crippen molar-refractivity contribution in [3.63, 3.8) is 0 Å². The molecule has 0 radical (unpaired) electrons. The van der Waals surface area contributed by atoms with Crippen LogP contribution in [0.1, 0.15) is 18.5 Å². The molecule has 0 bridgehead atoms. The highest BCUT2D eigenvalue weighted by Gasteiger charge is 2.17. The molecule has 1 aromatic rings. The summed E-state index contributed by atoms with van der Waals surface area (Å²) in [4.78, 5) is 13.9. The van der Waals surface area contributed by atoms with Crippen LogP contribution in [0.25, 0.3) is 0 Å². The lowest BCUT2D eigenvalue weighted by Crippen LogP contribution is -2.43. The van der Waals surface area contributed by atoms with Crippen LogP contribution in [0, 0.1) is 0 Å². The summed E-state index contributed by atoms with van der Waals surface area (Å²) in [5.74, 6) is 2.36. The fraction of sp³-hybridized carbons (Fsp3) is 0.500. The molecule has 3 nitrogen and oxygen atoms in total. The third kappa shape index (κ3) is 5.05. The molecule has 1 heterocycles. The summed E-state index contributed by atoms with van der Waals surface area (Å²) in [6, 6.07) is 10.4. The number of hydrogen-bond donors (Lipinski definition) is 1. The van der Waals surface area contributed by atoms with Crippen molar-refractivity contribution in [1.29, 1.82) is 0 Å². The highest BCUT2D eigenvalue weighted by Crippen LogP contribution is 2.12. The van der Waals surface area contributed by atoms with Crippen LogP contribution in [0.2, 0.25) is 0 Å². The van der Waals surface area contributed by atoms with E-state index in [1.807, 2.05) is 34.9 Å². The van der Waals surface area contributed by atoms with Crippen molar-refractivity contribution in [2.45, 2.75) is 13.0 Å². The first-order chi connectivity index (χ1) is 8.77. The van der Waals surface area contributed by atoms with Crippen LogP contribution in [0.15, 0.2) is 30.3 Å². The van der Waals surface area contributed by atoms with Crippen molar-refractivity contribution < 1.29 is 4.79 Å². The van der Waals surface area contributed by atoms with E-state index in [2.05, 4.69) is 24.4 Å². The SMILES string of the molecule is C[C@H](NCC(=O)N1CCSCC1)c1ccccc1.Cl. The Morgan fingerprint density at radius 1 is 1.32 bits per heavy atom. The Labute approximate surface area is 125 Å². The van der Waals surface area contributed by atoms with Gasteiger partial charge < -0.3 is 10.2 Å². The molecule has 0 aliphatic carbocycles. The van der Waals surface area contributed by atoms with E-state index in [0.29, 0.717) is 6.54 Å². The summed E-state index contributed by atoms with van der Waals surface area (Å²) in [5, 5.41) is 3.30. The Morgan fingerprint density at radius 2 is 1.95 bits per heavy atom. The average molecular weight is 301 g/mol. The van der Waals surface area contributed by atoms with Crippen molar-refractivity contribution >= 4 is 30.1 Å². The van der Waals surface area contributed by atoms with E-state index >= 15 is 0 Å². The minimum absolute atomic E-state index is 0. The van der Waals surface area contributed by atoms with Crippen LogP contribution in [0.4, 0.5) is 0 Å². The number of nitrogens with one attached hydrogen (secondary N) is 1. The van der Waals surface area contributed by atoms with E-state index in [1.54, 1.807) is 0 Å². The minimum Gasteiger partial charge on any atom is -0.340 e. The van der Waals surface area contributed by atoms with Gasteiger partial charge in [-0.15, -0.1) is 12.4 Å². The Balaban J connectivity index is 0.00000180. The first-order valence-corrected chi connectivity index (χ1v) is 7.56. The van der Waals surface area contributed by atoms with Gasteiger partial charge >= 0.3 is 0 Å². The Hall–Kier alpha value is -0.710. The number of carbonyl (C=O) groups excluding carboxylic acids is 1. The van der Waals surface area contributed by atoms with Gasteiger partial charge in [-0.2, -0.15) is 11.8 Å². The maximum absolute atomic E-state index is 12.0. The Kier molecular flexibility index (Phi) is 7.28. The first-order valence-electron chi connectivity index (χ1n) is 6.41. The molecule has 5 heteroatoms. The molecule has 19 heavy (non-hydrogen) atoms. The quantitative estimate of drug-likeness (QED) is 0.926. The van der Waals surface area contributed by atoms with Gasteiger partial charge in [-0.05, 0) is 12.5 Å². The zero-order valence-corrected chi connectivity index (χ0v) is 12.8. The molecule has 2 rings (SSSR count). The molecule has 0 aromatic heterocycles. The largest absolute Gasteiger partial charge is 0.340 e. The van der Waals surface area contributed by atoms with E-state index in [9.17, 15) is 4.79 Å². The molecule has 1 atom stereocenters. The van der Waals surface area contributed by atoms with E-state index in [0.717, 1.165) is 24.6 Å². The number of carbonyl (C=O) groups is 1. The lowest BCUT2D eigenvalue weighted by atomic mass is 10.1. The van der Waals surface area contributed by atoms with Crippen LogP contribution in [-0.2, 0) is 4.79 Å². The highest BCUT2D eigenvalue weighted by atomic mass is 35.5. The van der Waals surface area contributed by atoms with Gasteiger partial charge in [-0.1, -0.05) is 30.3 Å². The van der Waals surface area contributed by atoms with Crippen molar-refractivity contribution in [3.8, 4) is 0 Å². The number of nitrogens with zero attached hydrogens (tertiary/aromatic N) is 1. The number of amides is 1. The molecule has 0 saturated carbocycles. The smallest absolute Gasteiger partial charge is 0.236 e. The number of rotatable bonds is 4. The second-order valence-corrected chi connectivity index (χ2v) is 5.73. The third-order valence-corrected chi connectivity index (χ3v) is 4.17. The van der Waals surface area contributed by atoms with E-state index < -0.39 is 0 Å². The summed E-state index contributed by atoms with van der Waals surface area (Å²) >= 11 is 1.92. The molecule has 1 N–H and O–H groups in total. The summed E-state index contributed by atoms with van der Waals surface area (Å²) in [7, 11) is 0. The zero-order valence-electron chi connectivity index (χ0n) is 11.2. The normalized spacial score (nSPS) is 16.6. The molecule has 1 aliphatic heterocycles. The topological polar surface area (TPSA) is 32.3 Å². The van der Waals surface area contributed by atoms with Gasteiger partial charge in [0.1, 0.15) is 0 Å². The number of hydrogen-bond acceptors (Lipinski definition) is 3. The predicted octanol–water partition coefficient (Wildman–Crippen LogP) is 2.33. The Bertz CT molecular complexity index is 382. The van der Waals surface area contributed by atoms with Crippen LogP contribution in [-0.4, -0.2) is 41.9 Å². The van der Waals surface area contributed by atoms with E-state index in [4.69, 9.17) is 0 Å². The minimum atomic E-state index is 0. The summed E-state index contributed by atoms with van der Waals surface area (Å²) in [6.45, 7) is 4.31. The monoisotopic (exact) mass is 300 g/mol. The fourth-order valence-corrected chi connectivity index (χ4v) is 2.93. The highest BCUT2D eigenvalue weighted by molar-refractivity contribution is 7.99. The Morgan fingerprint density at radius 3 is 2.58 bits per heavy atom. The number of thioether (sulfide) groups is 1. The van der Waals surface area contributed by atoms with Crippen molar-refractivity contribution in [3.05, 3.63) is 35.9 Å². The number of benzene rings is 1. The van der Waals surface area contributed by atoms with Crippen LogP contribution >= 0.6 is 24.2 Å². The average Bonchev–Trinajstić information content (AvgIpc) is 2.46. The standard InChI is InChI=1S/C14H20N2OS.ClH/c1-12(13-5-3-2-4-6-13)15-11-14(17)16-7-9-18-10-8-16;/h2-6,12,15H,7-11H2,1H3;1H/t12-;/m0./s1. The van der Waals surface area contributed by atoms with Crippen LogP contribution in [0.5, 0.6) is 0 Å².